The molecule has 2 aromatic heterocycles. The lowest BCUT2D eigenvalue weighted by atomic mass is 10.0. The molecular weight excluding hydrogens is 262 g/mol. The summed E-state index contributed by atoms with van der Waals surface area (Å²) >= 11 is 6.35. The molecule has 2 heterocycles. The molecule has 0 aliphatic carbocycles. The Balaban J connectivity index is 2.26. The molecule has 0 aromatic carbocycles. The molecule has 0 fully saturated rings. The Bertz CT molecular complexity index is 584. The van der Waals surface area contributed by atoms with E-state index in [9.17, 15) is 0 Å². The number of aryl methyl sites for hydroxylation is 4. The van der Waals surface area contributed by atoms with Crippen LogP contribution < -0.4 is 5.73 Å². The van der Waals surface area contributed by atoms with Crippen molar-refractivity contribution in [3.8, 4) is 0 Å². The molecule has 2 rings (SSSR count). The molecule has 0 aliphatic rings. The number of nitrogens with zero attached hydrogens (tertiary/aromatic N) is 4. The fourth-order valence-electron chi connectivity index (χ4n) is 2.34. The number of aromatic nitrogens is 4. The van der Waals surface area contributed by atoms with Gasteiger partial charge in [-0.05, 0) is 13.3 Å². The van der Waals surface area contributed by atoms with Crippen molar-refractivity contribution in [1.82, 2.24) is 19.6 Å². The summed E-state index contributed by atoms with van der Waals surface area (Å²) in [5, 5.41) is 9.47. The number of nitrogens with two attached hydrogens (primary N) is 1. The van der Waals surface area contributed by atoms with E-state index >= 15 is 0 Å². The van der Waals surface area contributed by atoms with Gasteiger partial charge in [0.1, 0.15) is 0 Å². The molecule has 6 heteroatoms. The zero-order valence-corrected chi connectivity index (χ0v) is 12.6. The Morgan fingerprint density at radius 3 is 2.53 bits per heavy atom. The van der Waals surface area contributed by atoms with Crippen LogP contribution in [0, 0.1) is 6.92 Å². The summed E-state index contributed by atoms with van der Waals surface area (Å²) in [6, 6.07) is -0.119. The SMILES string of the molecule is CCc1nn(C)c(CC(N)c2cn(C)nc2C)c1Cl. The average Bonchev–Trinajstić information content (AvgIpc) is 2.82. The largest absolute Gasteiger partial charge is 0.324 e. The van der Waals surface area contributed by atoms with Crippen molar-refractivity contribution in [3.63, 3.8) is 0 Å². The maximum atomic E-state index is 6.35. The zero-order chi connectivity index (χ0) is 14.2. The first-order valence-corrected chi connectivity index (χ1v) is 6.77. The van der Waals surface area contributed by atoms with Gasteiger partial charge in [-0.15, -0.1) is 0 Å². The second kappa shape index (κ2) is 5.35. The summed E-state index contributed by atoms with van der Waals surface area (Å²) < 4.78 is 3.61. The van der Waals surface area contributed by atoms with Crippen molar-refractivity contribution in [3.05, 3.63) is 33.9 Å². The van der Waals surface area contributed by atoms with Crippen LogP contribution in [-0.2, 0) is 26.9 Å². The highest BCUT2D eigenvalue weighted by molar-refractivity contribution is 6.31. The summed E-state index contributed by atoms with van der Waals surface area (Å²) in [6.45, 7) is 4.01. The molecule has 0 aliphatic heterocycles. The van der Waals surface area contributed by atoms with Gasteiger partial charge in [-0.2, -0.15) is 10.2 Å². The standard InChI is InChI=1S/C13H20ClN5/c1-5-11-13(14)12(19(4)17-11)6-10(15)9-7-18(3)16-8(9)2/h7,10H,5-6,15H2,1-4H3. The first kappa shape index (κ1) is 14.1. The lowest BCUT2D eigenvalue weighted by molar-refractivity contribution is 0.636. The van der Waals surface area contributed by atoms with Crippen LogP contribution in [0.25, 0.3) is 0 Å². The lowest BCUT2D eigenvalue weighted by Crippen LogP contribution is -2.16. The molecular formula is C13H20ClN5. The van der Waals surface area contributed by atoms with E-state index in [4.69, 9.17) is 17.3 Å². The third kappa shape index (κ3) is 2.67. The minimum Gasteiger partial charge on any atom is -0.324 e. The van der Waals surface area contributed by atoms with Gasteiger partial charge < -0.3 is 5.73 Å². The number of hydrogen-bond acceptors (Lipinski definition) is 3. The summed E-state index contributed by atoms with van der Waals surface area (Å²) in [5.74, 6) is 0. The monoisotopic (exact) mass is 281 g/mol. The predicted octanol–water partition coefficient (Wildman–Crippen LogP) is 1.92. The molecule has 19 heavy (non-hydrogen) atoms. The van der Waals surface area contributed by atoms with Gasteiger partial charge in [0.15, 0.2) is 0 Å². The van der Waals surface area contributed by atoms with Crippen LogP contribution in [0.2, 0.25) is 5.02 Å². The Labute approximate surface area is 118 Å². The minimum atomic E-state index is -0.119. The predicted molar refractivity (Wildman–Crippen MR) is 76.2 cm³/mol. The molecule has 0 radical (unpaired) electrons. The lowest BCUT2D eigenvalue weighted by Gasteiger charge is -2.11. The van der Waals surface area contributed by atoms with Crippen molar-refractivity contribution in [2.24, 2.45) is 19.8 Å². The van der Waals surface area contributed by atoms with Crippen molar-refractivity contribution < 1.29 is 0 Å². The quantitative estimate of drug-likeness (QED) is 0.931. The van der Waals surface area contributed by atoms with E-state index in [1.54, 1.807) is 4.68 Å². The van der Waals surface area contributed by atoms with Gasteiger partial charge in [0.25, 0.3) is 0 Å². The molecule has 2 N–H and O–H groups in total. The van der Waals surface area contributed by atoms with Crippen molar-refractivity contribution in [2.75, 3.05) is 0 Å². The maximum Gasteiger partial charge on any atom is 0.0850 e. The molecule has 0 saturated carbocycles. The fourth-order valence-corrected chi connectivity index (χ4v) is 2.71. The van der Waals surface area contributed by atoms with Crippen LogP contribution in [0.4, 0.5) is 0 Å². The van der Waals surface area contributed by atoms with Gasteiger partial charge in [-0.1, -0.05) is 18.5 Å². The van der Waals surface area contributed by atoms with Gasteiger partial charge in [0.05, 0.1) is 22.1 Å². The maximum absolute atomic E-state index is 6.35. The van der Waals surface area contributed by atoms with Crippen LogP contribution in [0.1, 0.15) is 35.6 Å². The molecule has 0 bridgehead atoms. The van der Waals surface area contributed by atoms with E-state index in [2.05, 4.69) is 10.2 Å². The van der Waals surface area contributed by atoms with Gasteiger partial charge in [-0.3, -0.25) is 9.36 Å². The van der Waals surface area contributed by atoms with E-state index in [0.717, 1.165) is 34.1 Å². The fraction of sp³-hybridized carbons (Fsp3) is 0.538. The average molecular weight is 282 g/mol. The van der Waals surface area contributed by atoms with Crippen LogP contribution in [0.5, 0.6) is 0 Å². The highest BCUT2D eigenvalue weighted by atomic mass is 35.5. The van der Waals surface area contributed by atoms with Crippen LogP contribution in [0.15, 0.2) is 6.20 Å². The molecule has 0 amide bonds. The summed E-state index contributed by atoms with van der Waals surface area (Å²) in [4.78, 5) is 0. The Kier molecular flexibility index (Phi) is 3.96. The van der Waals surface area contributed by atoms with Crippen LogP contribution in [0.3, 0.4) is 0 Å². The van der Waals surface area contributed by atoms with E-state index in [-0.39, 0.29) is 6.04 Å². The van der Waals surface area contributed by atoms with Gasteiger partial charge >= 0.3 is 0 Å². The molecule has 0 spiro atoms. The topological polar surface area (TPSA) is 61.7 Å². The third-order valence-corrected chi connectivity index (χ3v) is 3.80. The Morgan fingerprint density at radius 1 is 1.37 bits per heavy atom. The van der Waals surface area contributed by atoms with Crippen molar-refractivity contribution >= 4 is 11.6 Å². The summed E-state index contributed by atoms with van der Waals surface area (Å²) in [5.41, 5.74) is 10.2. The van der Waals surface area contributed by atoms with E-state index in [0.29, 0.717) is 6.42 Å². The Morgan fingerprint density at radius 2 is 2.05 bits per heavy atom. The molecule has 104 valence electrons. The van der Waals surface area contributed by atoms with Crippen LogP contribution in [-0.4, -0.2) is 19.6 Å². The van der Waals surface area contributed by atoms with Crippen LogP contribution >= 0.6 is 11.6 Å². The molecule has 2 aromatic rings. The van der Waals surface area contributed by atoms with E-state index in [1.807, 2.05) is 38.8 Å². The summed E-state index contributed by atoms with van der Waals surface area (Å²) in [7, 11) is 3.80. The van der Waals surface area contributed by atoms with Gasteiger partial charge in [-0.25, -0.2) is 0 Å². The molecule has 0 saturated heterocycles. The number of hydrogen-bond donors (Lipinski definition) is 1. The van der Waals surface area contributed by atoms with Crippen molar-refractivity contribution in [2.45, 2.75) is 32.7 Å². The third-order valence-electron chi connectivity index (χ3n) is 3.37. The van der Waals surface area contributed by atoms with Gasteiger partial charge in [0, 0.05) is 38.3 Å². The minimum absolute atomic E-state index is 0.119. The smallest absolute Gasteiger partial charge is 0.0850 e. The highest BCUT2D eigenvalue weighted by Gasteiger charge is 2.19. The Hall–Kier alpha value is -1.33. The molecule has 1 unspecified atom stereocenters. The number of rotatable bonds is 4. The number of halogens is 1. The second-order valence-electron chi connectivity index (χ2n) is 4.84. The summed E-state index contributed by atoms with van der Waals surface area (Å²) in [6.07, 6.45) is 3.45. The van der Waals surface area contributed by atoms with E-state index in [1.165, 1.54) is 0 Å². The molecule has 5 nitrogen and oxygen atoms in total. The highest BCUT2D eigenvalue weighted by Crippen LogP contribution is 2.26. The molecule has 1 atom stereocenters. The first-order valence-electron chi connectivity index (χ1n) is 6.40. The second-order valence-corrected chi connectivity index (χ2v) is 5.22. The van der Waals surface area contributed by atoms with Crippen molar-refractivity contribution in [1.29, 1.82) is 0 Å². The first-order chi connectivity index (χ1) is 8.93. The zero-order valence-electron chi connectivity index (χ0n) is 11.8. The normalized spacial score (nSPS) is 12.9. The van der Waals surface area contributed by atoms with E-state index < -0.39 is 0 Å². The van der Waals surface area contributed by atoms with Gasteiger partial charge in [0.2, 0.25) is 0 Å².